The number of benzene rings is 7. The maximum absolute atomic E-state index is 6.73. The molecular weight excluding hydrogens is 737 g/mol. The van der Waals surface area contributed by atoms with E-state index in [-0.39, 0.29) is 33.1 Å². The standard InChI is InChI=1S/C51H30B5N5/c52-42-41(43(53)45(55)46(56)44(42)54)50-57-49(32-25-23-30(24-26-32)29-13-3-1-4-14-29)58-51(59-50)61-40-22-12-9-19-35(40)37-28-27-36-34-18-8-11-21-39(34)60(47(36)48(37)61)38-20-10-7-17-33(38)31-15-5-2-6-16-31/h1-6,8-16,18-28H,7,17H2. The molecule has 0 N–H and O–H groups in total. The Labute approximate surface area is 360 Å². The summed E-state index contributed by atoms with van der Waals surface area (Å²) >= 11 is 0. The number of allylic oxidation sites excluding steroid dienone is 4. The van der Waals surface area contributed by atoms with Crippen LogP contribution >= 0.6 is 0 Å². The first-order valence-electron chi connectivity index (χ1n) is 20.2. The van der Waals surface area contributed by atoms with Crippen LogP contribution in [0.15, 0.2) is 158 Å². The predicted molar refractivity (Wildman–Crippen MR) is 258 cm³/mol. The molecule has 10 aromatic rings. The van der Waals surface area contributed by atoms with Gasteiger partial charge in [-0.25, -0.2) is 4.98 Å². The normalized spacial score (nSPS) is 13.0. The van der Waals surface area contributed by atoms with Crippen molar-refractivity contribution in [3.05, 3.63) is 163 Å². The van der Waals surface area contributed by atoms with Gasteiger partial charge >= 0.3 is 0 Å². The van der Waals surface area contributed by atoms with Crippen molar-refractivity contribution in [2.45, 2.75) is 12.8 Å². The van der Waals surface area contributed by atoms with Crippen molar-refractivity contribution in [3.8, 4) is 39.9 Å². The average Bonchev–Trinajstić information content (AvgIpc) is 3.84. The van der Waals surface area contributed by atoms with E-state index in [1.54, 1.807) is 0 Å². The lowest BCUT2D eigenvalue weighted by Gasteiger charge is -2.21. The van der Waals surface area contributed by atoms with Crippen LogP contribution in [0.5, 0.6) is 0 Å². The van der Waals surface area contributed by atoms with Gasteiger partial charge in [-0.2, -0.15) is 9.97 Å². The summed E-state index contributed by atoms with van der Waals surface area (Å²) in [6.45, 7) is 0. The molecule has 0 aliphatic heterocycles. The number of fused-ring (bicyclic) bond motifs is 7. The van der Waals surface area contributed by atoms with E-state index in [4.69, 9.17) is 54.2 Å². The second-order valence-corrected chi connectivity index (χ2v) is 15.4. The zero-order valence-electron chi connectivity index (χ0n) is 33.0. The van der Waals surface area contributed by atoms with Crippen LogP contribution in [0.2, 0.25) is 0 Å². The van der Waals surface area contributed by atoms with Gasteiger partial charge in [0.25, 0.3) is 0 Å². The Kier molecular flexibility index (Phi) is 8.85. The largest absolute Gasteiger partial charge is 0.307 e. The lowest BCUT2D eigenvalue weighted by Crippen LogP contribution is -2.55. The maximum Gasteiger partial charge on any atom is 0.238 e. The second kappa shape index (κ2) is 14.6. The summed E-state index contributed by atoms with van der Waals surface area (Å²) in [5.41, 5.74) is 11.4. The van der Waals surface area contributed by atoms with Gasteiger partial charge < -0.3 is 4.57 Å². The number of nitrogens with zero attached hydrogens (tertiary/aromatic N) is 5. The highest BCUT2D eigenvalue weighted by Gasteiger charge is 2.26. The zero-order valence-corrected chi connectivity index (χ0v) is 33.0. The molecule has 61 heavy (non-hydrogen) atoms. The molecule has 5 nitrogen and oxygen atoms in total. The topological polar surface area (TPSA) is 48.5 Å². The quantitative estimate of drug-likeness (QED) is 0.176. The Balaban J connectivity index is 1.27. The van der Waals surface area contributed by atoms with Crippen LogP contribution in [0.25, 0.3) is 94.7 Å². The van der Waals surface area contributed by atoms with Crippen LogP contribution in [0, 0.1) is 0 Å². The van der Waals surface area contributed by atoms with Gasteiger partial charge in [0.2, 0.25) is 5.95 Å². The summed E-state index contributed by atoms with van der Waals surface area (Å²) in [5, 5.41) is 4.33. The Morgan fingerprint density at radius 1 is 0.410 bits per heavy atom. The fraction of sp³-hybridized carbons (Fsp3) is 0.0392. The average molecular weight is 767 g/mol. The van der Waals surface area contributed by atoms with E-state index in [2.05, 4.69) is 130 Å². The van der Waals surface area contributed by atoms with Gasteiger partial charge in [-0.15, -0.1) is 16.4 Å². The van der Waals surface area contributed by atoms with Crippen molar-refractivity contribution in [3.63, 3.8) is 0 Å². The molecular formula is C51H30B5N5. The van der Waals surface area contributed by atoms with Crippen LogP contribution < -0.4 is 27.3 Å². The SMILES string of the molecule is [B]c1c([B])c([B])c(-c2nc(-c3ccc(-c4ccccc4)cc3)nc(-n3c4ccccc4c4ccc5c6ccccc6n(C6=C(c7ccccc7)CCC=C6)c5c43)n2)c([B])c1[B]. The monoisotopic (exact) mass is 767 g/mol. The van der Waals surface area contributed by atoms with Gasteiger partial charge in [-0.3, -0.25) is 4.57 Å². The first-order chi connectivity index (χ1) is 29.9. The van der Waals surface area contributed by atoms with Crippen LogP contribution in [0.4, 0.5) is 0 Å². The highest BCUT2D eigenvalue weighted by molar-refractivity contribution is 6.68. The van der Waals surface area contributed by atoms with Gasteiger partial charge in [0, 0.05) is 38.4 Å². The van der Waals surface area contributed by atoms with E-state index in [0.29, 0.717) is 17.3 Å². The summed E-state index contributed by atoms with van der Waals surface area (Å²) < 4.78 is 4.56. The Hall–Kier alpha value is -7.05. The van der Waals surface area contributed by atoms with Crippen LogP contribution in [0.3, 0.4) is 0 Å². The number of para-hydroxylation sites is 2. The molecule has 7 aromatic carbocycles. The molecule has 11 rings (SSSR count). The fourth-order valence-electron chi connectivity index (χ4n) is 8.99. The van der Waals surface area contributed by atoms with Gasteiger partial charge in [0.15, 0.2) is 11.6 Å². The van der Waals surface area contributed by atoms with Crippen molar-refractivity contribution >= 4 is 121 Å². The molecule has 0 atom stereocenters. The third-order valence-corrected chi connectivity index (χ3v) is 12.0. The summed E-state index contributed by atoms with van der Waals surface area (Å²) in [6, 6.07) is 50.4. The minimum absolute atomic E-state index is 0.114. The van der Waals surface area contributed by atoms with E-state index in [1.165, 1.54) is 11.1 Å². The molecule has 0 saturated heterocycles. The number of rotatable bonds is 6. The van der Waals surface area contributed by atoms with E-state index in [9.17, 15) is 0 Å². The minimum atomic E-state index is 0.114. The lowest BCUT2D eigenvalue weighted by atomic mass is 9.60. The Morgan fingerprint density at radius 2 is 0.902 bits per heavy atom. The predicted octanol–water partition coefficient (Wildman–Crippen LogP) is 6.76. The van der Waals surface area contributed by atoms with Crippen LogP contribution in [-0.2, 0) is 0 Å². The molecule has 274 valence electrons. The lowest BCUT2D eigenvalue weighted by molar-refractivity contribution is 0.955. The first kappa shape index (κ1) is 37.0. The van der Waals surface area contributed by atoms with Crippen molar-refractivity contribution in [1.29, 1.82) is 0 Å². The molecule has 0 amide bonds. The van der Waals surface area contributed by atoms with Crippen molar-refractivity contribution < 1.29 is 0 Å². The van der Waals surface area contributed by atoms with Gasteiger partial charge in [0.05, 0.1) is 22.1 Å². The molecule has 0 unspecified atom stereocenters. The minimum Gasteiger partial charge on any atom is -0.307 e. The maximum atomic E-state index is 6.73. The molecule has 10 heteroatoms. The molecule has 10 radical (unpaired) electrons. The molecule has 1 aliphatic carbocycles. The molecule has 0 spiro atoms. The summed E-state index contributed by atoms with van der Waals surface area (Å²) in [7, 11) is 32.6. The molecule has 0 bridgehead atoms. The Bertz CT molecular complexity index is 3430. The van der Waals surface area contributed by atoms with E-state index >= 15 is 0 Å². The Morgan fingerprint density at radius 3 is 1.54 bits per heavy atom. The van der Waals surface area contributed by atoms with E-state index < -0.39 is 0 Å². The smallest absolute Gasteiger partial charge is 0.238 e. The highest BCUT2D eigenvalue weighted by atomic mass is 15.2. The molecule has 1 aliphatic rings. The number of hydrogen-bond donors (Lipinski definition) is 0. The molecule has 3 aromatic heterocycles. The first-order valence-corrected chi connectivity index (χ1v) is 20.2. The third kappa shape index (κ3) is 5.88. The molecule has 0 fully saturated rings. The second-order valence-electron chi connectivity index (χ2n) is 15.4. The van der Waals surface area contributed by atoms with Crippen molar-refractivity contribution in [2.75, 3.05) is 0 Å². The van der Waals surface area contributed by atoms with Gasteiger partial charge in [-0.1, -0.05) is 150 Å². The summed E-state index contributed by atoms with van der Waals surface area (Å²) in [5.74, 6) is 0.991. The van der Waals surface area contributed by atoms with Gasteiger partial charge in [0.1, 0.15) is 39.2 Å². The van der Waals surface area contributed by atoms with Crippen LogP contribution in [-0.4, -0.2) is 63.3 Å². The highest BCUT2D eigenvalue weighted by Crippen LogP contribution is 2.44. The molecule has 0 saturated carbocycles. The van der Waals surface area contributed by atoms with Crippen molar-refractivity contribution in [2.24, 2.45) is 0 Å². The van der Waals surface area contributed by atoms with Crippen LogP contribution in [0.1, 0.15) is 18.4 Å². The zero-order chi connectivity index (χ0) is 41.4. The fourth-order valence-corrected chi connectivity index (χ4v) is 8.99. The molecule has 3 heterocycles. The number of hydrogen-bond acceptors (Lipinski definition) is 3. The summed E-state index contributed by atoms with van der Waals surface area (Å²) in [6.07, 6.45) is 6.40. The summed E-state index contributed by atoms with van der Waals surface area (Å²) in [4.78, 5) is 15.6. The van der Waals surface area contributed by atoms with E-state index in [0.717, 1.165) is 78.8 Å². The van der Waals surface area contributed by atoms with E-state index in [1.807, 2.05) is 36.4 Å². The third-order valence-electron chi connectivity index (χ3n) is 12.0. The number of aromatic nitrogens is 5. The van der Waals surface area contributed by atoms with Crippen molar-refractivity contribution in [1.82, 2.24) is 24.1 Å². The van der Waals surface area contributed by atoms with Gasteiger partial charge in [-0.05, 0) is 53.3 Å².